The monoisotopic (exact) mass is 511 g/mol. The second kappa shape index (κ2) is 10.4. The molecule has 0 radical (unpaired) electrons. The summed E-state index contributed by atoms with van der Waals surface area (Å²) in [5, 5.41) is 0. The number of nitrogens with zero attached hydrogens (tertiary/aromatic N) is 3. The number of benzene rings is 5. The molecule has 3 nitrogen and oxygen atoms in total. The molecule has 0 spiro atoms. The molecule has 0 saturated carbocycles. The van der Waals surface area contributed by atoms with Gasteiger partial charge in [-0.1, -0.05) is 121 Å². The third kappa shape index (κ3) is 4.65. The highest BCUT2D eigenvalue weighted by atomic mass is 14.8. The molecule has 0 unspecified atom stereocenters. The van der Waals surface area contributed by atoms with Crippen LogP contribution in [-0.2, 0) is 0 Å². The van der Waals surface area contributed by atoms with E-state index in [1.807, 2.05) is 66.9 Å². The highest BCUT2D eigenvalue weighted by Crippen LogP contribution is 2.33. The molecule has 0 saturated heterocycles. The Kier molecular flexibility index (Phi) is 6.15. The van der Waals surface area contributed by atoms with Crippen LogP contribution < -0.4 is 0 Å². The van der Waals surface area contributed by atoms with Gasteiger partial charge in [0.05, 0.1) is 28.1 Å². The van der Waals surface area contributed by atoms with Crippen LogP contribution in [0.3, 0.4) is 0 Å². The van der Waals surface area contributed by atoms with E-state index in [-0.39, 0.29) is 0 Å². The molecule has 7 aromatic rings. The van der Waals surface area contributed by atoms with Crippen molar-refractivity contribution in [3.05, 3.63) is 152 Å². The normalized spacial score (nSPS) is 11.0. The summed E-state index contributed by atoms with van der Waals surface area (Å²) in [7, 11) is 0. The topological polar surface area (TPSA) is 38.7 Å². The molecule has 40 heavy (non-hydrogen) atoms. The third-order valence-corrected chi connectivity index (χ3v) is 7.17. The lowest BCUT2D eigenvalue weighted by Crippen LogP contribution is -1.95. The maximum atomic E-state index is 5.03. The minimum atomic E-state index is 0.890. The lowest BCUT2D eigenvalue weighted by Gasteiger charge is -2.11. The standard InChI is InChI=1S/C37H25N3/c1-2-8-31(9-3-1)36-37(40-35-12-5-4-11-34(35)39-36)32-23-19-29(20-24-32)27-15-13-26(14-16-27)28-17-21-30(22-18-28)33-10-6-7-25-38-33/h1-25H. The molecule has 188 valence electrons. The first-order valence-electron chi connectivity index (χ1n) is 13.4. The summed E-state index contributed by atoms with van der Waals surface area (Å²) in [6, 6.07) is 50.2. The van der Waals surface area contributed by atoms with Gasteiger partial charge in [-0.15, -0.1) is 0 Å². The average molecular weight is 512 g/mol. The number of para-hydroxylation sites is 2. The summed E-state index contributed by atoms with van der Waals surface area (Å²) in [6.07, 6.45) is 1.83. The largest absolute Gasteiger partial charge is 0.256 e. The lowest BCUT2D eigenvalue weighted by molar-refractivity contribution is 1.29. The van der Waals surface area contributed by atoms with Gasteiger partial charge in [0.1, 0.15) is 0 Å². The van der Waals surface area contributed by atoms with Gasteiger partial charge in [-0.2, -0.15) is 0 Å². The number of aromatic nitrogens is 3. The van der Waals surface area contributed by atoms with E-state index in [4.69, 9.17) is 9.97 Å². The first kappa shape index (κ1) is 23.7. The second-order valence-corrected chi connectivity index (χ2v) is 9.72. The molecule has 0 aliphatic carbocycles. The van der Waals surface area contributed by atoms with Gasteiger partial charge in [0.25, 0.3) is 0 Å². The van der Waals surface area contributed by atoms with Crippen LogP contribution in [0.4, 0.5) is 0 Å². The zero-order valence-electron chi connectivity index (χ0n) is 21.8. The molecule has 2 heterocycles. The van der Waals surface area contributed by atoms with Crippen molar-refractivity contribution in [1.82, 2.24) is 15.0 Å². The van der Waals surface area contributed by atoms with Crippen molar-refractivity contribution >= 4 is 11.0 Å². The summed E-state index contributed by atoms with van der Waals surface area (Å²) in [6.45, 7) is 0. The van der Waals surface area contributed by atoms with Crippen molar-refractivity contribution in [1.29, 1.82) is 0 Å². The lowest BCUT2D eigenvalue weighted by atomic mass is 9.97. The zero-order valence-corrected chi connectivity index (χ0v) is 21.8. The molecule has 5 aromatic carbocycles. The maximum Gasteiger partial charge on any atom is 0.0973 e. The van der Waals surface area contributed by atoms with Crippen LogP contribution in [0.25, 0.3) is 67.1 Å². The van der Waals surface area contributed by atoms with Crippen LogP contribution in [0.5, 0.6) is 0 Å². The first-order valence-corrected chi connectivity index (χ1v) is 13.4. The first-order chi connectivity index (χ1) is 19.8. The van der Waals surface area contributed by atoms with E-state index in [0.717, 1.165) is 50.4 Å². The van der Waals surface area contributed by atoms with Crippen LogP contribution in [-0.4, -0.2) is 15.0 Å². The minimum absolute atomic E-state index is 0.890. The second-order valence-electron chi connectivity index (χ2n) is 9.72. The van der Waals surface area contributed by atoms with E-state index < -0.39 is 0 Å². The smallest absolute Gasteiger partial charge is 0.0973 e. The van der Waals surface area contributed by atoms with Gasteiger partial charge >= 0.3 is 0 Å². The van der Waals surface area contributed by atoms with E-state index in [1.165, 1.54) is 16.7 Å². The molecule has 0 amide bonds. The molecule has 7 rings (SSSR count). The third-order valence-electron chi connectivity index (χ3n) is 7.17. The molecule has 0 atom stereocenters. The van der Waals surface area contributed by atoms with Crippen LogP contribution >= 0.6 is 0 Å². The number of pyridine rings is 1. The Morgan fingerprint density at radius 3 is 1.18 bits per heavy atom. The molecule has 2 aromatic heterocycles. The Labute approximate surface area is 233 Å². The molecule has 0 N–H and O–H groups in total. The summed E-state index contributed by atoms with van der Waals surface area (Å²) in [4.78, 5) is 14.5. The Bertz CT molecular complexity index is 1890. The summed E-state index contributed by atoms with van der Waals surface area (Å²) in [5.74, 6) is 0. The van der Waals surface area contributed by atoms with Crippen LogP contribution in [0, 0.1) is 0 Å². The summed E-state index contributed by atoms with van der Waals surface area (Å²) in [5.41, 5.74) is 12.5. The highest BCUT2D eigenvalue weighted by molar-refractivity contribution is 5.86. The highest BCUT2D eigenvalue weighted by Gasteiger charge is 2.13. The van der Waals surface area contributed by atoms with Crippen molar-refractivity contribution in [3.63, 3.8) is 0 Å². The van der Waals surface area contributed by atoms with Crippen LogP contribution in [0.1, 0.15) is 0 Å². The van der Waals surface area contributed by atoms with E-state index in [2.05, 4.69) is 89.9 Å². The predicted molar refractivity (Wildman–Crippen MR) is 165 cm³/mol. The quantitative estimate of drug-likeness (QED) is 0.231. The fourth-order valence-electron chi connectivity index (χ4n) is 5.04. The molecule has 0 aliphatic heterocycles. The summed E-state index contributed by atoms with van der Waals surface area (Å²) >= 11 is 0. The van der Waals surface area contributed by atoms with Gasteiger partial charge < -0.3 is 0 Å². The van der Waals surface area contributed by atoms with E-state index in [1.54, 1.807) is 0 Å². The van der Waals surface area contributed by atoms with Crippen molar-refractivity contribution in [2.24, 2.45) is 0 Å². The van der Waals surface area contributed by atoms with Crippen LogP contribution in [0.2, 0.25) is 0 Å². The maximum absolute atomic E-state index is 5.03. The minimum Gasteiger partial charge on any atom is -0.256 e. The zero-order chi connectivity index (χ0) is 26.7. The van der Waals surface area contributed by atoms with Crippen LogP contribution in [0.15, 0.2) is 152 Å². The fourth-order valence-corrected chi connectivity index (χ4v) is 5.04. The van der Waals surface area contributed by atoms with Gasteiger partial charge in [0.15, 0.2) is 0 Å². The van der Waals surface area contributed by atoms with Gasteiger partial charge in [-0.05, 0) is 46.5 Å². The number of fused-ring (bicyclic) bond motifs is 1. The van der Waals surface area contributed by atoms with E-state index in [0.29, 0.717) is 0 Å². The molecule has 0 fully saturated rings. The SMILES string of the molecule is c1ccc(-c2nc3ccccc3nc2-c2ccc(-c3ccc(-c4ccc(-c5ccccn5)cc4)cc3)cc2)cc1. The van der Waals surface area contributed by atoms with Crippen molar-refractivity contribution in [2.75, 3.05) is 0 Å². The van der Waals surface area contributed by atoms with E-state index in [9.17, 15) is 0 Å². The van der Waals surface area contributed by atoms with Gasteiger partial charge in [0.2, 0.25) is 0 Å². The Hall–Kier alpha value is -5.41. The van der Waals surface area contributed by atoms with Gasteiger partial charge in [-0.3, -0.25) is 4.98 Å². The van der Waals surface area contributed by atoms with Crippen molar-refractivity contribution < 1.29 is 0 Å². The Morgan fingerprint density at radius 2 is 0.700 bits per heavy atom. The number of hydrogen-bond donors (Lipinski definition) is 0. The van der Waals surface area contributed by atoms with E-state index >= 15 is 0 Å². The summed E-state index contributed by atoms with van der Waals surface area (Å²) < 4.78 is 0. The fraction of sp³-hybridized carbons (Fsp3) is 0. The Morgan fingerprint density at radius 1 is 0.300 bits per heavy atom. The average Bonchev–Trinajstić information content (AvgIpc) is 3.05. The van der Waals surface area contributed by atoms with Gasteiger partial charge in [-0.25, -0.2) is 9.97 Å². The Balaban J connectivity index is 1.17. The molecular weight excluding hydrogens is 486 g/mol. The van der Waals surface area contributed by atoms with Crippen molar-refractivity contribution in [2.45, 2.75) is 0 Å². The van der Waals surface area contributed by atoms with Gasteiger partial charge in [0, 0.05) is 22.9 Å². The molecule has 0 aliphatic rings. The number of hydrogen-bond acceptors (Lipinski definition) is 3. The predicted octanol–water partition coefficient (Wildman–Crippen LogP) is 9.36. The molecule has 3 heteroatoms. The molecule has 0 bridgehead atoms. The van der Waals surface area contributed by atoms with Crippen molar-refractivity contribution in [3.8, 4) is 56.0 Å². The molecular formula is C37H25N3. The number of rotatable bonds is 5.